The second-order valence-corrected chi connectivity index (χ2v) is 15.6. The van der Waals surface area contributed by atoms with Crippen molar-refractivity contribution in [3.05, 3.63) is 194 Å². The lowest BCUT2D eigenvalue weighted by molar-refractivity contribution is 1.09. The van der Waals surface area contributed by atoms with Crippen molar-refractivity contribution in [2.75, 3.05) is 0 Å². The molecule has 12 aromatic rings. The topological polar surface area (TPSA) is 161 Å². The fraction of sp³-hybridized carbons (Fsp3) is 0. The number of hydrogen-bond acceptors (Lipinski definition) is 10. The van der Waals surface area contributed by atoms with Gasteiger partial charge in [-0.1, -0.05) is 12.1 Å². The highest BCUT2D eigenvalue weighted by Gasteiger charge is 2.24. The van der Waals surface area contributed by atoms with Crippen molar-refractivity contribution in [1.29, 1.82) is 10.5 Å². The molecule has 0 fully saturated rings. The van der Waals surface area contributed by atoms with Crippen LogP contribution < -0.4 is 0 Å². The van der Waals surface area contributed by atoms with E-state index in [2.05, 4.69) is 116 Å². The first-order valence-electron chi connectivity index (χ1n) is 21.0. The predicted molar refractivity (Wildman–Crippen MR) is 254 cm³/mol. The molecule has 6 aromatic carbocycles. The molecular formula is C54H30N12. The Hall–Kier alpha value is -9.78. The Labute approximate surface area is 376 Å². The van der Waals surface area contributed by atoms with Crippen molar-refractivity contribution in [3.8, 4) is 80.2 Å². The quantitative estimate of drug-likeness (QED) is 0.151. The van der Waals surface area contributed by atoms with Crippen molar-refractivity contribution in [2.45, 2.75) is 0 Å². The van der Waals surface area contributed by atoms with Crippen LogP contribution >= 0.6 is 0 Å². The van der Waals surface area contributed by atoms with Crippen LogP contribution in [0.1, 0.15) is 11.1 Å². The number of nitriles is 2. The second-order valence-electron chi connectivity index (χ2n) is 15.6. The molecule has 0 aliphatic carbocycles. The highest BCUT2D eigenvalue weighted by Crippen LogP contribution is 2.43. The molecule has 0 saturated heterocycles. The van der Waals surface area contributed by atoms with Crippen LogP contribution in [0.5, 0.6) is 0 Å². The summed E-state index contributed by atoms with van der Waals surface area (Å²) in [6, 6.07) is 48.4. The summed E-state index contributed by atoms with van der Waals surface area (Å²) in [5.74, 6) is 2.41. The lowest BCUT2D eigenvalue weighted by Crippen LogP contribution is -2.05. The summed E-state index contributed by atoms with van der Waals surface area (Å²) in [7, 11) is 0. The van der Waals surface area contributed by atoms with Gasteiger partial charge in [0.1, 0.15) is 0 Å². The summed E-state index contributed by atoms with van der Waals surface area (Å²) in [4.78, 5) is 36.7. The maximum atomic E-state index is 11.0. The van der Waals surface area contributed by atoms with Crippen LogP contribution in [0.3, 0.4) is 0 Å². The zero-order chi connectivity index (χ0) is 44.1. The molecule has 12 heteroatoms. The Morgan fingerprint density at radius 2 is 0.697 bits per heavy atom. The summed E-state index contributed by atoms with van der Waals surface area (Å²) in [5, 5.41) is 24.8. The van der Waals surface area contributed by atoms with E-state index in [9.17, 15) is 10.5 Å². The van der Waals surface area contributed by atoms with Crippen molar-refractivity contribution in [2.24, 2.45) is 0 Å². The molecule has 0 aliphatic rings. The van der Waals surface area contributed by atoms with Gasteiger partial charge < -0.3 is 9.13 Å². The lowest BCUT2D eigenvalue weighted by atomic mass is 9.96. The first-order valence-corrected chi connectivity index (χ1v) is 21.0. The van der Waals surface area contributed by atoms with E-state index in [1.54, 1.807) is 79.9 Å². The van der Waals surface area contributed by atoms with Gasteiger partial charge in [-0.05, 0) is 127 Å². The first-order chi connectivity index (χ1) is 32.6. The SMILES string of the molecule is N#Cc1cccc(-c2cc(-n3c4ccc(-c5ncccn5)cc4c4cc(-c5ncccn5)ccc43)c(-n3c4ccc(-c5ncccn5)cc4c4cc(-c5ncccn5)ccc43)cc2C#N)c1. The maximum absolute atomic E-state index is 11.0. The molecule has 66 heavy (non-hydrogen) atoms. The molecule has 0 spiro atoms. The van der Waals surface area contributed by atoms with Crippen molar-refractivity contribution in [1.82, 2.24) is 49.0 Å². The Kier molecular flexibility index (Phi) is 8.93. The lowest BCUT2D eigenvalue weighted by Gasteiger charge is -2.20. The average molecular weight is 847 g/mol. The van der Waals surface area contributed by atoms with Crippen molar-refractivity contribution in [3.63, 3.8) is 0 Å². The number of nitrogens with zero attached hydrogens (tertiary/aromatic N) is 12. The third-order valence-electron chi connectivity index (χ3n) is 11.8. The van der Waals surface area contributed by atoms with Crippen LogP contribution in [-0.2, 0) is 0 Å². The Bertz CT molecular complexity index is 3750. The van der Waals surface area contributed by atoms with Gasteiger partial charge in [0.25, 0.3) is 0 Å². The fourth-order valence-corrected chi connectivity index (χ4v) is 8.94. The molecule has 12 rings (SSSR count). The van der Waals surface area contributed by atoms with E-state index in [-0.39, 0.29) is 0 Å². The molecule has 0 unspecified atom stereocenters. The molecule has 0 saturated carbocycles. The molecule has 0 N–H and O–H groups in total. The molecule has 0 atom stereocenters. The third kappa shape index (κ3) is 6.29. The van der Waals surface area contributed by atoms with Crippen LogP contribution in [0.2, 0.25) is 0 Å². The minimum atomic E-state index is 0.440. The second kappa shape index (κ2) is 15.5. The van der Waals surface area contributed by atoms with Crippen LogP contribution in [0.25, 0.3) is 112 Å². The van der Waals surface area contributed by atoms with Crippen molar-refractivity contribution >= 4 is 43.6 Å². The summed E-state index contributed by atoms with van der Waals surface area (Å²) in [5.41, 5.74) is 10.9. The molecular weight excluding hydrogens is 817 g/mol. The van der Waals surface area contributed by atoms with Gasteiger partial charge in [0.15, 0.2) is 23.3 Å². The van der Waals surface area contributed by atoms with E-state index < -0.39 is 0 Å². The third-order valence-corrected chi connectivity index (χ3v) is 11.8. The standard InChI is InChI=1S/C54H30N12/c55-31-33-6-1-7-34(24-33)40-30-50(66-47-14-10-37(53-61-20-4-21-62-53)27-43(47)44-28-38(11-15-48(44)66)54-63-22-5-23-64-54)49(29-39(40)32-56)65-45-12-8-35(51-57-16-2-17-58-51)25-41(45)42-26-36(9-13-46(42)65)52-59-18-3-19-60-52/h1-30H. The maximum Gasteiger partial charge on any atom is 0.159 e. The summed E-state index contributed by atoms with van der Waals surface area (Å²) in [6.07, 6.45) is 13.9. The van der Waals surface area contributed by atoms with E-state index in [0.29, 0.717) is 40.0 Å². The monoisotopic (exact) mass is 846 g/mol. The van der Waals surface area contributed by atoms with Crippen LogP contribution in [0, 0.1) is 22.7 Å². The predicted octanol–water partition coefficient (Wildman–Crippen LogP) is 11.1. The van der Waals surface area contributed by atoms with Crippen LogP contribution in [0.4, 0.5) is 0 Å². The zero-order valence-corrected chi connectivity index (χ0v) is 34.7. The molecule has 6 heterocycles. The number of fused-ring (bicyclic) bond motifs is 6. The number of aromatic nitrogens is 10. The van der Waals surface area contributed by atoms with Gasteiger partial charge in [0.2, 0.25) is 0 Å². The summed E-state index contributed by atoms with van der Waals surface area (Å²) in [6.45, 7) is 0. The van der Waals surface area contributed by atoms with Crippen LogP contribution in [0.15, 0.2) is 183 Å². The summed E-state index contributed by atoms with van der Waals surface area (Å²) < 4.78 is 4.47. The van der Waals surface area contributed by atoms with E-state index in [1.807, 2.05) is 48.5 Å². The number of hydrogen-bond donors (Lipinski definition) is 0. The normalized spacial score (nSPS) is 11.3. The highest BCUT2D eigenvalue weighted by molar-refractivity contribution is 6.14. The van der Waals surface area contributed by atoms with Gasteiger partial charge in [0, 0.05) is 98.9 Å². The van der Waals surface area contributed by atoms with Gasteiger partial charge in [-0.15, -0.1) is 0 Å². The van der Waals surface area contributed by atoms with Gasteiger partial charge in [-0.3, -0.25) is 0 Å². The van der Waals surface area contributed by atoms with E-state index in [0.717, 1.165) is 82.8 Å². The molecule has 0 bridgehead atoms. The Morgan fingerprint density at radius 3 is 1.05 bits per heavy atom. The molecule has 306 valence electrons. The zero-order valence-electron chi connectivity index (χ0n) is 34.7. The van der Waals surface area contributed by atoms with Gasteiger partial charge in [0.05, 0.1) is 56.7 Å². The largest absolute Gasteiger partial charge is 0.307 e. The number of benzene rings is 6. The van der Waals surface area contributed by atoms with E-state index in [4.69, 9.17) is 0 Å². The smallest absolute Gasteiger partial charge is 0.159 e. The Balaban J connectivity index is 1.21. The first kappa shape index (κ1) is 37.9. The number of rotatable bonds is 7. The average Bonchev–Trinajstić information content (AvgIpc) is 3.90. The summed E-state index contributed by atoms with van der Waals surface area (Å²) >= 11 is 0. The minimum Gasteiger partial charge on any atom is -0.307 e. The molecule has 0 radical (unpaired) electrons. The Morgan fingerprint density at radius 1 is 0.333 bits per heavy atom. The van der Waals surface area contributed by atoms with Gasteiger partial charge >= 0.3 is 0 Å². The van der Waals surface area contributed by atoms with E-state index >= 15 is 0 Å². The van der Waals surface area contributed by atoms with Crippen molar-refractivity contribution < 1.29 is 0 Å². The molecule has 0 amide bonds. The fourth-order valence-electron chi connectivity index (χ4n) is 8.94. The van der Waals surface area contributed by atoms with Gasteiger partial charge in [-0.2, -0.15) is 10.5 Å². The molecule has 6 aromatic heterocycles. The highest BCUT2D eigenvalue weighted by atomic mass is 15.1. The van der Waals surface area contributed by atoms with E-state index in [1.165, 1.54) is 0 Å². The van der Waals surface area contributed by atoms with Gasteiger partial charge in [-0.25, -0.2) is 39.9 Å². The van der Waals surface area contributed by atoms with Crippen LogP contribution in [-0.4, -0.2) is 49.0 Å². The molecule has 0 aliphatic heterocycles. The minimum absolute atomic E-state index is 0.440. The molecule has 12 nitrogen and oxygen atoms in total.